The first-order valence-corrected chi connectivity index (χ1v) is 7.14. The first kappa shape index (κ1) is 16.7. The highest BCUT2D eigenvalue weighted by Crippen LogP contribution is 1.99. The molecule has 0 aliphatic carbocycles. The molecule has 1 unspecified atom stereocenters. The number of carboxylic acid groups (broad SMARTS) is 1. The second-order valence-corrected chi connectivity index (χ2v) is 5.02. The highest BCUT2D eigenvalue weighted by Gasteiger charge is 2.11. The Morgan fingerprint density at radius 1 is 1.25 bits per heavy atom. The van der Waals surface area contributed by atoms with Gasteiger partial charge >= 0.3 is 12.0 Å². The summed E-state index contributed by atoms with van der Waals surface area (Å²) < 4.78 is 5.26. The highest BCUT2D eigenvalue weighted by atomic mass is 16.5. The standard InChI is InChI=1S/C13H25N3O4/c1-11(12(17)18)3-5-15-13(19)14-4-2-6-16-7-9-20-10-8-16/h11H,2-10H2,1H3,(H,17,18)(H2,14,15,19). The van der Waals surface area contributed by atoms with Crippen molar-refractivity contribution in [2.75, 3.05) is 45.9 Å². The number of aliphatic carboxylic acids is 1. The summed E-state index contributed by atoms with van der Waals surface area (Å²) in [4.78, 5) is 24.4. The molecule has 20 heavy (non-hydrogen) atoms. The van der Waals surface area contributed by atoms with Gasteiger partial charge in [-0.05, 0) is 19.4 Å². The fraction of sp³-hybridized carbons (Fsp3) is 0.846. The molecular formula is C13H25N3O4. The zero-order valence-electron chi connectivity index (χ0n) is 12.1. The van der Waals surface area contributed by atoms with Crippen LogP contribution in [0.4, 0.5) is 4.79 Å². The SMILES string of the molecule is CC(CCNC(=O)NCCCN1CCOCC1)C(=O)O. The Morgan fingerprint density at radius 2 is 1.90 bits per heavy atom. The summed E-state index contributed by atoms with van der Waals surface area (Å²) in [7, 11) is 0. The number of rotatable bonds is 8. The lowest BCUT2D eigenvalue weighted by molar-refractivity contribution is -0.141. The summed E-state index contributed by atoms with van der Waals surface area (Å²) >= 11 is 0. The molecule has 116 valence electrons. The van der Waals surface area contributed by atoms with E-state index >= 15 is 0 Å². The van der Waals surface area contributed by atoms with Gasteiger partial charge in [0.2, 0.25) is 0 Å². The average Bonchev–Trinajstić information content (AvgIpc) is 2.44. The monoisotopic (exact) mass is 287 g/mol. The number of nitrogens with zero attached hydrogens (tertiary/aromatic N) is 1. The van der Waals surface area contributed by atoms with E-state index in [1.54, 1.807) is 6.92 Å². The van der Waals surface area contributed by atoms with Gasteiger partial charge in [-0.15, -0.1) is 0 Å². The Hall–Kier alpha value is -1.34. The van der Waals surface area contributed by atoms with Gasteiger partial charge in [0, 0.05) is 26.2 Å². The molecule has 0 aromatic rings. The Bertz CT molecular complexity index is 306. The molecule has 1 fully saturated rings. The van der Waals surface area contributed by atoms with Crippen LogP contribution in [0.25, 0.3) is 0 Å². The van der Waals surface area contributed by atoms with E-state index in [1.165, 1.54) is 0 Å². The number of hydrogen-bond acceptors (Lipinski definition) is 4. The summed E-state index contributed by atoms with van der Waals surface area (Å²) in [6, 6.07) is -0.232. The van der Waals surface area contributed by atoms with Crippen molar-refractivity contribution in [1.82, 2.24) is 15.5 Å². The number of nitrogens with one attached hydrogen (secondary N) is 2. The minimum Gasteiger partial charge on any atom is -0.481 e. The number of hydrogen-bond donors (Lipinski definition) is 3. The lowest BCUT2D eigenvalue weighted by Crippen LogP contribution is -2.40. The van der Waals surface area contributed by atoms with Gasteiger partial charge < -0.3 is 20.5 Å². The number of carboxylic acids is 1. The van der Waals surface area contributed by atoms with Gasteiger partial charge in [-0.2, -0.15) is 0 Å². The Morgan fingerprint density at radius 3 is 2.55 bits per heavy atom. The van der Waals surface area contributed by atoms with Crippen LogP contribution in [0, 0.1) is 5.92 Å². The van der Waals surface area contributed by atoms with Crippen molar-refractivity contribution in [2.24, 2.45) is 5.92 Å². The van der Waals surface area contributed by atoms with E-state index in [0.29, 0.717) is 19.5 Å². The van der Waals surface area contributed by atoms with Crippen molar-refractivity contribution in [2.45, 2.75) is 19.8 Å². The number of amides is 2. The molecule has 3 N–H and O–H groups in total. The molecule has 0 aromatic heterocycles. The highest BCUT2D eigenvalue weighted by molar-refractivity contribution is 5.74. The maximum absolute atomic E-state index is 11.4. The molecule has 1 rings (SSSR count). The topological polar surface area (TPSA) is 90.9 Å². The first-order chi connectivity index (χ1) is 9.59. The van der Waals surface area contributed by atoms with Crippen molar-refractivity contribution in [3.8, 4) is 0 Å². The summed E-state index contributed by atoms with van der Waals surface area (Å²) in [5.41, 5.74) is 0. The first-order valence-electron chi connectivity index (χ1n) is 7.14. The molecule has 1 aliphatic rings. The molecule has 0 saturated carbocycles. The largest absolute Gasteiger partial charge is 0.481 e. The van der Waals surface area contributed by atoms with Crippen molar-refractivity contribution in [3.05, 3.63) is 0 Å². The smallest absolute Gasteiger partial charge is 0.314 e. The zero-order valence-corrected chi connectivity index (χ0v) is 12.1. The van der Waals surface area contributed by atoms with E-state index in [4.69, 9.17) is 9.84 Å². The summed E-state index contributed by atoms with van der Waals surface area (Å²) in [6.07, 6.45) is 1.34. The molecule has 1 heterocycles. The van der Waals surface area contributed by atoms with Crippen LogP contribution in [0.5, 0.6) is 0 Å². The Balaban J connectivity index is 1.95. The summed E-state index contributed by atoms with van der Waals surface area (Å²) in [6.45, 7) is 7.08. The number of ether oxygens (including phenoxy) is 1. The van der Waals surface area contributed by atoms with Gasteiger partial charge in [0.05, 0.1) is 19.1 Å². The Labute approximate surface area is 119 Å². The lowest BCUT2D eigenvalue weighted by Gasteiger charge is -2.26. The maximum atomic E-state index is 11.4. The number of morpholine rings is 1. The fourth-order valence-electron chi connectivity index (χ4n) is 1.92. The van der Waals surface area contributed by atoms with Crippen molar-refractivity contribution in [3.63, 3.8) is 0 Å². The average molecular weight is 287 g/mol. The number of urea groups is 1. The van der Waals surface area contributed by atoms with Crippen LogP contribution in [0.3, 0.4) is 0 Å². The minimum atomic E-state index is -0.835. The van der Waals surface area contributed by atoms with Crippen molar-refractivity contribution < 1.29 is 19.4 Å². The quantitative estimate of drug-likeness (QED) is 0.552. The molecule has 0 radical (unpaired) electrons. The summed E-state index contributed by atoms with van der Waals surface area (Å²) in [5.74, 6) is -1.27. The van der Waals surface area contributed by atoms with E-state index in [0.717, 1.165) is 39.3 Å². The molecule has 0 aromatic carbocycles. The van der Waals surface area contributed by atoms with Gasteiger partial charge in [-0.3, -0.25) is 9.69 Å². The summed E-state index contributed by atoms with van der Waals surface area (Å²) in [5, 5.41) is 14.1. The minimum absolute atomic E-state index is 0.232. The van der Waals surface area contributed by atoms with Crippen LogP contribution in [0.15, 0.2) is 0 Å². The predicted molar refractivity (Wildman–Crippen MR) is 74.7 cm³/mol. The van der Waals surface area contributed by atoms with Gasteiger partial charge in [0.1, 0.15) is 0 Å². The predicted octanol–water partition coefficient (Wildman–Crippen LogP) is 0.119. The van der Waals surface area contributed by atoms with Crippen LogP contribution < -0.4 is 10.6 Å². The molecular weight excluding hydrogens is 262 g/mol. The zero-order chi connectivity index (χ0) is 14.8. The molecule has 7 heteroatoms. The third-order valence-electron chi connectivity index (χ3n) is 3.32. The van der Waals surface area contributed by atoms with E-state index < -0.39 is 11.9 Å². The fourth-order valence-corrected chi connectivity index (χ4v) is 1.92. The van der Waals surface area contributed by atoms with Gasteiger partial charge in [-0.25, -0.2) is 4.79 Å². The van der Waals surface area contributed by atoms with Crippen molar-refractivity contribution in [1.29, 1.82) is 0 Å². The third kappa shape index (κ3) is 7.30. The van der Waals surface area contributed by atoms with E-state index in [-0.39, 0.29) is 6.03 Å². The molecule has 1 saturated heterocycles. The number of carbonyl (C=O) groups is 2. The maximum Gasteiger partial charge on any atom is 0.314 e. The van der Waals surface area contributed by atoms with E-state index in [9.17, 15) is 9.59 Å². The van der Waals surface area contributed by atoms with Gasteiger partial charge in [0.25, 0.3) is 0 Å². The van der Waals surface area contributed by atoms with Gasteiger partial charge in [0.15, 0.2) is 0 Å². The number of carbonyl (C=O) groups excluding carboxylic acids is 1. The third-order valence-corrected chi connectivity index (χ3v) is 3.32. The molecule has 7 nitrogen and oxygen atoms in total. The van der Waals surface area contributed by atoms with E-state index in [1.807, 2.05) is 0 Å². The molecule has 0 bridgehead atoms. The molecule has 2 amide bonds. The van der Waals surface area contributed by atoms with Crippen LogP contribution in [-0.2, 0) is 9.53 Å². The van der Waals surface area contributed by atoms with Crippen LogP contribution in [-0.4, -0.2) is 67.9 Å². The normalized spacial score (nSPS) is 17.4. The molecule has 0 spiro atoms. The van der Waals surface area contributed by atoms with Crippen LogP contribution >= 0.6 is 0 Å². The van der Waals surface area contributed by atoms with Crippen LogP contribution in [0.2, 0.25) is 0 Å². The Kier molecular flexibility index (Phi) is 7.98. The van der Waals surface area contributed by atoms with Crippen LogP contribution in [0.1, 0.15) is 19.8 Å². The lowest BCUT2D eigenvalue weighted by atomic mass is 10.1. The second-order valence-electron chi connectivity index (χ2n) is 5.02. The van der Waals surface area contributed by atoms with Gasteiger partial charge in [-0.1, -0.05) is 6.92 Å². The second kappa shape index (κ2) is 9.55. The van der Waals surface area contributed by atoms with E-state index in [2.05, 4.69) is 15.5 Å². The van der Waals surface area contributed by atoms with Crippen molar-refractivity contribution >= 4 is 12.0 Å². The molecule has 1 atom stereocenters. The molecule has 1 aliphatic heterocycles.